The molecule has 0 fully saturated rings. The normalized spacial score (nSPS) is 10.2. The summed E-state index contributed by atoms with van der Waals surface area (Å²) < 4.78 is 10.9. The molecule has 2 rings (SSSR count). The van der Waals surface area contributed by atoms with E-state index in [1.807, 2.05) is 0 Å². The van der Waals surface area contributed by atoms with Gasteiger partial charge in [-0.05, 0) is 48.5 Å². The van der Waals surface area contributed by atoms with E-state index in [1.165, 1.54) is 0 Å². The highest BCUT2D eigenvalue weighted by atomic mass is 79.9. The number of carbonyl (C=O) groups excluding carboxylic acids is 2. The van der Waals surface area contributed by atoms with Gasteiger partial charge in [-0.2, -0.15) is 0 Å². The largest absolute Gasteiger partial charge is 0.458 e. The molecule has 0 atom stereocenters. The number of ketones is 2. The van der Waals surface area contributed by atoms with Crippen LogP contribution in [-0.2, 0) is 0 Å². The first-order valence-corrected chi connectivity index (χ1v) is 9.02. The molecule has 0 amide bonds. The summed E-state index contributed by atoms with van der Waals surface area (Å²) in [5, 5.41) is 0.591. The molecule has 120 valence electrons. The molecule has 0 bridgehead atoms. The predicted octanol–water partition coefficient (Wildman–Crippen LogP) is 4.26. The van der Waals surface area contributed by atoms with Gasteiger partial charge in [-0.25, -0.2) is 0 Å². The van der Waals surface area contributed by atoms with Gasteiger partial charge in [0.25, 0.3) is 0 Å². The van der Waals surface area contributed by atoms with Crippen molar-refractivity contribution < 1.29 is 19.1 Å². The molecule has 0 unspecified atom stereocenters. The maximum Gasteiger partial charge on any atom is 0.230 e. The molecule has 0 saturated carbocycles. The average molecular weight is 442 g/mol. The summed E-state index contributed by atoms with van der Waals surface area (Å²) in [6, 6.07) is 13.7. The zero-order valence-electron chi connectivity index (χ0n) is 12.1. The maximum atomic E-state index is 11.5. The molecule has 0 saturated heterocycles. The van der Waals surface area contributed by atoms with E-state index in [0.29, 0.717) is 33.3 Å². The van der Waals surface area contributed by atoms with Crippen molar-refractivity contribution in [3.63, 3.8) is 0 Å². The van der Waals surface area contributed by atoms with E-state index in [1.54, 1.807) is 48.5 Å². The third-order valence-electron chi connectivity index (χ3n) is 3.05. The number of benzene rings is 2. The smallest absolute Gasteiger partial charge is 0.230 e. The number of alkyl halides is 2. The first-order chi connectivity index (χ1) is 11.1. The van der Waals surface area contributed by atoms with Crippen LogP contribution in [0.4, 0.5) is 0 Å². The van der Waals surface area contributed by atoms with Gasteiger partial charge in [0, 0.05) is 11.1 Å². The Morgan fingerprint density at radius 3 is 1.35 bits per heavy atom. The molecule has 0 N–H and O–H groups in total. The Kier molecular flexibility index (Phi) is 6.80. The lowest BCUT2D eigenvalue weighted by Crippen LogP contribution is -2.06. The van der Waals surface area contributed by atoms with Crippen LogP contribution in [0.15, 0.2) is 48.5 Å². The number of hydrogen-bond donors (Lipinski definition) is 0. The fraction of sp³-hybridized carbons (Fsp3) is 0.176. The molecule has 0 spiro atoms. The van der Waals surface area contributed by atoms with Crippen LogP contribution in [0.5, 0.6) is 11.5 Å². The van der Waals surface area contributed by atoms with Crippen LogP contribution in [0, 0.1) is 0 Å². The van der Waals surface area contributed by atoms with Crippen molar-refractivity contribution in [3.8, 4) is 11.5 Å². The average Bonchev–Trinajstić information content (AvgIpc) is 2.61. The van der Waals surface area contributed by atoms with Gasteiger partial charge in [0.05, 0.1) is 10.7 Å². The number of halogens is 2. The molecule has 0 aliphatic carbocycles. The predicted molar refractivity (Wildman–Crippen MR) is 95.3 cm³/mol. The molecular weight excluding hydrogens is 428 g/mol. The Hall–Kier alpha value is -1.66. The Balaban J connectivity index is 1.85. The molecule has 0 heterocycles. The topological polar surface area (TPSA) is 52.6 Å². The van der Waals surface area contributed by atoms with E-state index in [-0.39, 0.29) is 18.4 Å². The van der Waals surface area contributed by atoms with E-state index in [9.17, 15) is 9.59 Å². The summed E-state index contributed by atoms with van der Waals surface area (Å²) in [5.41, 5.74) is 1.25. The van der Waals surface area contributed by atoms with E-state index >= 15 is 0 Å². The van der Waals surface area contributed by atoms with Crippen LogP contribution in [0.2, 0.25) is 0 Å². The van der Waals surface area contributed by atoms with Crippen LogP contribution in [0.3, 0.4) is 0 Å². The molecule has 4 nitrogen and oxygen atoms in total. The van der Waals surface area contributed by atoms with Gasteiger partial charge in [-0.15, -0.1) is 0 Å². The second-order valence-corrected chi connectivity index (χ2v) is 5.69. The summed E-state index contributed by atoms with van der Waals surface area (Å²) in [6.45, 7) is 0.0392. The molecular formula is C17H14Br2O4. The minimum absolute atomic E-state index is 0.0194. The van der Waals surface area contributed by atoms with E-state index < -0.39 is 0 Å². The molecule has 0 aromatic heterocycles. The van der Waals surface area contributed by atoms with Crippen LogP contribution >= 0.6 is 31.9 Å². The Labute approximate surface area is 151 Å². The third kappa shape index (κ3) is 5.18. The minimum atomic E-state index is 0.0194. The first kappa shape index (κ1) is 17.7. The number of rotatable bonds is 8. The monoisotopic (exact) mass is 440 g/mol. The second-order valence-electron chi connectivity index (χ2n) is 4.57. The highest BCUT2D eigenvalue weighted by molar-refractivity contribution is 9.09. The lowest BCUT2D eigenvalue weighted by atomic mass is 10.1. The van der Waals surface area contributed by atoms with Crippen molar-refractivity contribution in [3.05, 3.63) is 59.7 Å². The molecule has 2 aromatic carbocycles. The highest BCUT2D eigenvalue weighted by Crippen LogP contribution is 2.16. The lowest BCUT2D eigenvalue weighted by Gasteiger charge is -2.09. The number of Topliss-reactive ketones (excluding diaryl/α,β-unsaturated/α-hetero) is 2. The van der Waals surface area contributed by atoms with Crippen molar-refractivity contribution in [2.24, 2.45) is 0 Å². The number of carbonyl (C=O) groups is 2. The van der Waals surface area contributed by atoms with Gasteiger partial charge in [0.2, 0.25) is 6.79 Å². The van der Waals surface area contributed by atoms with Gasteiger partial charge >= 0.3 is 0 Å². The highest BCUT2D eigenvalue weighted by Gasteiger charge is 2.05. The minimum Gasteiger partial charge on any atom is -0.458 e. The van der Waals surface area contributed by atoms with Crippen LogP contribution in [0.1, 0.15) is 20.7 Å². The molecule has 6 heteroatoms. The Morgan fingerprint density at radius 1 is 0.696 bits per heavy atom. The fourth-order valence-electron chi connectivity index (χ4n) is 1.79. The zero-order valence-corrected chi connectivity index (χ0v) is 15.3. The van der Waals surface area contributed by atoms with Crippen LogP contribution < -0.4 is 9.47 Å². The lowest BCUT2D eigenvalue weighted by molar-refractivity contribution is 0.101. The standard InChI is InChI=1S/C17H14Br2O4/c18-9-16(20)12-1-5-14(6-2-12)22-11-23-15-7-3-13(4-8-15)17(21)10-19/h1-8H,9-11H2. The summed E-state index contributed by atoms with van der Waals surface area (Å²) in [4.78, 5) is 23.0. The van der Waals surface area contributed by atoms with E-state index in [2.05, 4.69) is 31.9 Å². The van der Waals surface area contributed by atoms with Crippen LogP contribution in [0.25, 0.3) is 0 Å². The summed E-state index contributed by atoms with van der Waals surface area (Å²) >= 11 is 6.26. The van der Waals surface area contributed by atoms with Crippen molar-refractivity contribution in [1.82, 2.24) is 0 Å². The third-order valence-corrected chi connectivity index (χ3v) is 4.07. The SMILES string of the molecule is O=C(CBr)c1ccc(OCOc2ccc(C(=O)CBr)cc2)cc1. The van der Waals surface area contributed by atoms with Crippen LogP contribution in [-0.4, -0.2) is 29.0 Å². The summed E-state index contributed by atoms with van der Waals surface area (Å²) in [6.07, 6.45) is 0. The van der Waals surface area contributed by atoms with Crippen molar-refractivity contribution in [2.45, 2.75) is 0 Å². The molecule has 0 radical (unpaired) electrons. The van der Waals surface area contributed by atoms with Gasteiger partial charge < -0.3 is 9.47 Å². The van der Waals surface area contributed by atoms with Crippen molar-refractivity contribution in [1.29, 1.82) is 0 Å². The fourth-order valence-corrected chi connectivity index (χ4v) is 2.44. The van der Waals surface area contributed by atoms with Gasteiger partial charge in [0.1, 0.15) is 11.5 Å². The number of ether oxygens (including phenoxy) is 2. The summed E-state index contributed by atoms with van der Waals surface area (Å²) in [5.74, 6) is 1.27. The van der Waals surface area contributed by atoms with Crippen molar-refractivity contribution in [2.75, 3.05) is 17.5 Å². The molecule has 23 heavy (non-hydrogen) atoms. The van der Waals surface area contributed by atoms with E-state index in [4.69, 9.17) is 9.47 Å². The second kappa shape index (κ2) is 8.84. The Morgan fingerprint density at radius 2 is 1.04 bits per heavy atom. The Bertz CT molecular complexity index is 606. The maximum absolute atomic E-state index is 11.5. The van der Waals surface area contributed by atoms with Gasteiger partial charge in [-0.1, -0.05) is 31.9 Å². The quantitative estimate of drug-likeness (QED) is 0.349. The first-order valence-electron chi connectivity index (χ1n) is 6.78. The molecule has 2 aromatic rings. The van der Waals surface area contributed by atoms with Gasteiger partial charge in [-0.3, -0.25) is 9.59 Å². The van der Waals surface area contributed by atoms with E-state index in [0.717, 1.165) is 0 Å². The zero-order chi connectivity index (χ0) is 16.7. The number of hydrogen-bond acceptors (Lipinski definition) is 4. The summed E-state index contributed by atoms with van der Waals surface area (Å²) in [7, 11) is 0. The van der Waals surface area contributed by atoms with Gasteiger partial charge in [0.15, 0.2) is 11.6 Å². The molecule has 0 aliphatic rings. The molecule has 0 aliphatic heterocycles. The van der Waals surface area contributed by atoms with Crippen molar-refractivity contribution >= 4 is 43.4 Å².